The Morgan fingerprint density at radius 1 is 1.17 bits per heavy atom. The third kappa shape index (κ3) is 3.59. The van der Waals surface area contributed by atoms with Crippen molar-refractivity contribution in [3.05, 3.63) is 42.1 Å². The van der Waals surface area contributed by atoms with E-state index in [0.717, 1.165) is 31.6 Å². The van der Waals surface area contributed by atoms with Crippen molar-refractivity contribution < 1.29 is 9.90 Å². The minimum absolute atomic E-state index is 0.157. The van der Waals surface area contributed by atoms with Crippen LogP contribution in [0.3, 0.4) is 0 Å². The first-order valence-corrected chi connectivity index (χ1v) is 8.29. The van der Waals surface area contributed by atoms with Crippen LogP contribution in [0.15, 0.2) is 30.9 Å². The number of pyridine rings is 1. The summed E-state index contributed by atoms with van der Waals surface area (Å²) < 4.78 is 0. The van der Waals surface area contributed by atoms with Gasteiger partial charge in [0.05, 0.1) is 23.1 Å². The summed E-state index contributed by atoms with van der Waals surface area (Å²) in [6.45, 7) is 6.60. The van der Waals surface area contributed by atoms with Crippen molar-refractivity contribution in [2.75, 3.05) is 13.1 Å². The highest BCUT2D eigenvalue weighted by Crippen LogP contribution is 2.28. The zero-order chi connectivity index (χ0) is 17.1. The van der Waals surface area contributed by atoms with Gasteiger partial charge in [-0.3, -0.25) is 9.97 Å². The zero-order valence-corrected chi connectivity index (χ0v) is 14.0. The molecular formula is C18H22N4O2. The summed E-state index contributed by atoms with van der Waals surface area (Å²) in [6.07, 6.45) is 8.60. The van der Waals surface area contributed by atoms with Crippen LogP contribution in [0.25, 0.3) is 11.3 Å². The highest BCUT2D eigenvalue weighted by atomic mass is 16.4. The number of nitrogens with zero attached hydrogens (tertiary/aromatic N) is 4. The van der Waals surface area contributed by atoms with Crippen LogP contribution in [0.5, 0.6) is 0 Å². The molecule has 2 aromatic heterocycles. The van der Waals surface area contributed by atoms with Crippen molar-refractivity contribution in [1.29, 1.82) is 0 Å². The Balaban J connectivity index is 1.80. The summed E-state index contributed by atoms with van der Waals surface area (Å²) in [5, 5.41) is 9.10. The van der Waals surface area contributed by atoms with Gasteiger partial charge in [-0.1, -0.05) is 0 Å². The monoisotopic (exact) mass is 326 g/mol. The van der Waals surface area contributed by atoms with Gasteiger partial charge in [0.15, 0.2) is 0 Å². The molecule has 1 fully saturated rings. The summed E-state index contributed by atoms with van der Waals surface area (Å²) in [6, 6.07) is 2.16. The van der Waals surface area contributed by atoms with Crippen molar-refractivity contribution in [3.63, 3.8) is 0 Å². The molecule has 0 radical (unpaired) electrons. The molecule has 0 aromatic carbocycles. The fraction of sp³-hybridized carbons (Fsp3) is 0.444. The number of likely N-dealkylation sites (tertiary alicyclic amines) is 1. The maximum atomic E-state index is 11.1. The van der Waals surface area contributed by atoms with Gasteiger partial charge in [0, 0.05) is 36.1 Å². The molecular weight excluding hydrogens is 304 g/mol. The van der Waals surface area contributed by atoms with Gasteiger partial charge in [-0.2, -0.15) is 0 Å². The van der Waals surface area contributed by atoms with E-state index in [1.54, 1.807) is 18.5 Å². The van der Waals surface area contributed by atoms with Crippen LogP contribution in [0.1, 0.15) is 48.7 Å². The molecule has 3 heterocycles. The molecule has 2 aromatic rings. The lowest BCUT2D eigenvalue weighted by Crippen LogP contribution is -2.38. The number of carboxylic acid groups (broad SMARTS) is 1. The lowest BCUT2D eigenvalue weighted by Gasteiger charge is -2.34. The second kappa shape index (κ2) is 7.05. The molecule has 0 unspecified atom stereocenters. The Kier molecular flexibility index (Phi) is 4.85. The highest BCUT2D eigenvalue weighted by molar-refractivity contribution is 5.88. The van der Waals surface area contributed by atoms with Gasteiger partial charge in [0.25, 0.3) is 0 Å². The predicted octanol–water partition coefficient (Wildman–Crippen LogP) is 2.82. The van der Waals surface area contributed by atoms with E-state index in [4.69, 9.17) is 10.1 Å². The Morgan fingerprint density at radius 3 is 2.54 bits per heavy atom. The van der Waals surface area contributed by atoms with Crippen molar-refractivity contribution in [3.8, 4) is 11.3 Å². The maximum Gasteiger partial charge on any atom is 0.337 e. The smallest absolute Gasteiger partial charge is 0.337 e. The van der Waals surface area contributed by atoms with Crippen molar-refractivity contribution in [1.82, 2.24) is 19.9 Å². The quantitative estimate of drug-likeness (QED) is 0.930. The van der Waals surface area contributed by atoms with Crippen molar-refractivity contribution >= 4 is 5.97 Å². The van der Waals surface area contributed by atoms with Gasteiger partial charge in [-0.05, 0) is 45.8 Å². The number of aromatic nitrogens is 3. The number of hydrogen-bond donors (Lipinski definition) is 1. The molecule has 1 saturated heterocycles. The molecule has 0 aliphatic carbocycles. The standard InChI is InChI=1S/C18H22N4O2/c1-12(2)22-5-3-13(4-6-22)16-10-20-11-17(21-16)14-7-15(18(23)24)9-19-8-14/h7-13H,3-6H2,1-2H3,(H,23,24). The Morgan fingerprint density at radius 2 is 1.88 bits per heavy atom. The van der Waals surface area contributed by atoms with Crippen LogP contribution >= 0.6 is 0 Å². The fourth-order valence-electron chi connectivity index (χ4n) is 3.13. The molecule has 1 aliphatic rings. The van der Waals surface area contributed by atoms with E-state index in [1.165, 1.54) is 6.20 Å². The van der Waals surface area contributed by atoms with Crippen molar-refractivity contribution in [2.45, 2.75) is 38.6 Å². The average molecular weight is 326 g/mol. The van der Waals surface area contributed by atoms with Gasteiger partial charge in [0.2, 0.25) is 0 Å². The second-order valence-corrected chi connectivity index (χ2v) is 6.50. The summed E-state index contributed by atoms with van der Waals surface area (Å²) in [7, 11) is 0. The molecule has 1 N–H and O–H groups in total. The molecule has 0 atom stereocenters. The lowest BCUT2D eigenvalue weighted by molar-refractivity contribution is 0.0696. The van der Waals surface area contributed by atoms with Crippen LogP contribution in [-0.2, 0) is 0 Å². The van der Waals surface area contributed by atoms with Crippen LogP contribution in [-0.4, -0.2) is 50.1 Å². The molecule has 0 spiro atoms. The third-order valence-corrected chi connectivity index (χ3v) is 4.61. The lowest BCUT2D eigenvalue weighted by atomic mass is 9.93. The topological polar surface area (TPSA) is 79.2 Å². The largest absolute Gasteiger partial charge is 0.478 e. The third-order valence-electron chi connectivity index (χ3n) is 4.61. The van der Waals surface area contributed by atoms with Gasteiger partial charge >= 0.3 is 5.97 Å². The first-order chi connectivity index (χ1) is 11.5. The molecule has 6 nitrogen and oxygen atoms in total. The van der Waals surface area contributed by atoms with Gasteiger partial charge < -0.3 is 10.0 Å². The Labute approximate surface area is 141 Å². The first-order valence-electron chi connectivity index (χ1n) is 8.29. The van der Waals surface area contributed by atoms with Gasteiger partial charge in [0.1, 0.15) is 0 Å². The SMILES string of the molecule is CC(C)N1CCC(c2cncc(-c3cncc(C(=O)O)c3)n2)CC1. The molecule has 3 rings (SSSR count). The molecule has 24 heavy (non-hydrogen) atoms. The summed E-state index contributed by atoms with van der Waals surface area (Å²) in [5.74, 6) is -0.586. The highest BCUT2D eigenvalue weighted by Gasteiger charge is 2.23. The van der Waals surface area contributed by atoms with E-state index < -0.39 is 5.97 Å². The minimum Gasteiger partial charge on any atom is -0.478 e. The number of rotatable bonds is 4. The van der Waals surface area contributed by atoms with E-state index in [0.29, 0.717) is 23.2 Å². The van der Waals surface area contributed by atoms with E-state index in [9.17, 15) is 4.79 Å². The van der Waals surface area contributed by atoms with E-state index in [-0.39, 0.29) is 5.56 Å². The summed E-state index contributed by atoms with van der Waals surface area (Å²) in [5.41, 5.74) is 2.50. The number of aromatic carboxylic acids is 1. The van der Waals surface area contributed by atoms with Gasteiger partial charge in [-0.15, -0.1) is 0 Å². The average Bonchev–Trinajstić information content (AvgIpc) is 2.62. The number of hydrogen-bond acceptors (Lipinski definition) is 5. The van der Waals surface area contributed by atoms with E-state index >= 15 is 0 Å². The van der Waals surface area contributed by atoms with Crippen LogP contribution < -0.4 is 0 Å². The summed E-state index contributed by atoms with van der Waals surface area (Å²) >= 11 is 0. The molecule has 6 heteroatoms. The zero-order valence-electron chi connectivity index (χ0n) is 14.0. The Hall–Kier alpha value is -2.34. The fourth-order valence-corrected chi connectivity index (χ4v) is 3.13. The maximum absolute atomic E-state index is 11.1. The molecule has 126 valence electrons. The predicted molar refractivity (Wildman–Crippen MR) is 90.9 cm³/mol. The van der Waals surface area contributed by atoms with Gasteiger partial charge in [-0.25, -0.2) is 9.78 Å². The van der Waals surface area contributed by atoms with E-state index in [2.05, 4.69) is 28.7 Å². The normalized spacial score (nSPS) is 16.5. The molecule has 0 saturated carbocycles. The molecule has 1 aliphatic heterocycles. The Bertz CT molecular complexity index is 724. The van der Waals surface area contributed by atoms with Crippen LogP contribution in [0.2, 0.25) is 0 Å². The number of carbonyl (C=O) groups is 1. The molecule has 0 amide bonds. The van der Waals surface area contributed by atoms with Crippen LogP contribution in [0.4, 0.5) is 0 Å². The second-order valence-electron chi connectivity index (χ2n) is 6.50. The van der Waals surface area contributed by atoms with Crippen molar-refractivity contribution in [2.24, 2.45) is 0 Å². The number of piperidine rings is 1. The minimum atomic E-state index is -0.991. The molecule has 0 bridgehead atoms. The first kappa shape index (κ1) is 16.5. The van der Waals surface area contributed by atoms with E-state index in [1.807, 2.05) is 6.20 Å². The number of carboxylic acids is 1. The summed E-state index contributed by atoms with van der Waals surface area (Å²) in [4.78, 5) is 26.6. The van der Waals surface area contributed by atoms with Crippen LogP contribution in [0, 0.1) is 0 Å².